The fourth-order valence-corrected chi connectivity index (χ4v) is 2.07. The lowest BCUT2D eigenvalue weighted by Gasteiger charge is -1.99. The Morgan fingerprint density at radius 3 is 3.12 bits per heavy atom. The van der Waals surface area contributed by atoms with Gasteiger partial charge in [0, 0.05) is 11.8 Å². The highest BCUT2D eigenvalue weighted by molar-refractivity contribution is 7.14. The molecule has 0 radical (unpaired) electrons. The van der Waals surface area contributed by atoms with Gasteiger partial charge < -0.3 is 10.5 Å². The molecule has 2 N–H and O–H groups in total. The molecule has 16 heavy (non-hydrogen) atoms. The average Bonchev–Trinajstić information content (AvgIpc) is 2.94. The van der Waals surface area contributed by atoms with Crippen molar-refractivity contribution in [1.29, 1.82) is 0 Å². The van der Waals surface area contributed by atoms with Gasteiger partial charge in [-0.25, -0.2) is 4.98 Å². The van der Waals surface area contributed by atoms with E-state index in [1.807, 2.05) is 0 Å². The molecule has 1 fully saturated rings. The SMILES string of the molecule is CC(=NO)c1csc(NC(=O)CC2CC2)n1. The van der Waals surface area contributed by atoms with Crippen molar-refractivity contribution in [1.82, 2.24) is 4.98 Å². The third-order valence-corrected chi connectivity index (χ3v) is 3.20. The largest absolute Gasteiger partial charge is 0.411 e. The number of oxime groups is 1. The first-order valence-corrected chi connectivity index (χ1v) is 6.01. The van der Waals surface area contributed by atoms with E-state index in [1.165, 1.54) is 11.3 Å². The fraction of sp³-hybridized carbons (Fsp3) is 0.500. The number of rotatable bonds is 4. The van der Waals surface area contributed by atoms with Crippen LogP contribution in [0.15, 0.2) is 10.5 Å². The van der Waals surface area contributed by atoms with Gasteiger partial charge in [-0.1, -0.05) is 5.16 Å². The normalized spacial score (nSPS) is 16.2. The molecular formula is C10H13N3O2S. The van der Waals surface area contributed by atoms with Gasteiger partial charge in [-0.05, 0) is 25.7 Å². The number of aromatic nitrogens is 1. The second-order valence-electron chi connectivity index (χ2n) is 3.92. The minimum Gasteiger partial charge on any atom is -0.411 e. The van der Waals surface area contributed by atoms with Crippen molar-refractivity contribution in [2.75, 3.05) is 5.32 Å². The molecule has 1 aliphatic carbocycles. The fourth-order valence-electron chi connectivity index (χ4n) is 1.30. The Kier molecular flexibility index (Phi) is 3.19. The predicted octanol–water partition coefficient (Wildman–Crippen LogP) is 2.08. The Morgan fingerprint density at radius 1 is 1.75 bits per heavy atom. The zero-order valence-corrected chi connectivity index (χ0v) is 9.75. The lowest BCUT2D eigenvalue weighted by atomic mass is 10.3. The smallest absolute Gasteiger partial charge is 0.226 e. The lowest BCUT2D eigenvalue weighted by Crippen LogP contribution is -2.11. The van der Waals surface area contributed by atoms with Gasteiger partial charge in [-0.3, -0.25) is 4.79 Å². The number of amides is 1. The molecule has 0 spiro atoms. The molecule has 0 bridgehead atoms. The summed E-state index contributed by atoms with van der Waals surface area (Å²) >= 11 is 1.33. The van der Waals surface area contributed by atoms with Crippen LogP contribution < -0.4 is 5.32 Å². The standard InChI is InChI=1S/C10H13N3O2S/c1-6(13-15)8-5-16-10(11-8)12-9(14)4-7-2-3-7/h5,7,15H,2-4H2,1H3,(H,11,12,14). The molecule has 1 aliphatic rings. The summed E-state index contributed by atoms with van der Waals surface area (Å²) in [5.74, 6) is 0.585. The van der Waals surface area contributed by atoms with E-state index >= 15 is 0 Å². The van der Waals surface area contributed by atoms with E-state index in [0.29, 0.717) is 28.9 Å². The second kappa shape index (κ2) is 4.61. The summed E-state index contributed by atoms with van der Waals surface area (Å²) in [5.41, 5.74) is 1.04. The number of thiazole rings is 1. The minimum absolute atomic E-state index is 0.0157. The summed E-state index contributed by atoms with van der Waals surface area (Å²) in [4.78, 5) is 15.6. The number of anilines is 1. The molecule has 0 atom stereocenters. The van der Waals surface area contributed by atoms with Crippen LogP contribution in [-0.2, 0) is 4.79 Å². The maximum absolute atomic E-state index is 11.5. The monoisotopic (exact) mass is 239 g/mol. The molecule has 5 nitrogen and oxygen atoms in total. The Morgan fingerprint density at radius 2 is 2.50 bits per heavy atom. The maximum atomic E-state index is 11.5. The first-order valence-electron chi connectivity index (χ1n) is 5.13. The third-order valence-electron chi connectivity index (χ3n) is 2.44. The third kappa shape index (κ3) is 2.79. The van der Waals surface area contributed by atoms with Crippen molar-refractivity contribution in [2.24, 2.45) is 11.1 Å². The first kappa shape index (κ1) is 11.1. The molecule has 1 heterocycles. The van der Waals surface area contributed by atoms with Crippen LogP contribution in [-0.4, -0.2) is 21.8 Å². The van der Waals surface area contributed by atoms with E-state index < -0.39 is 0 Å². The van der Waals surface area contributed by atoms with Gasteiger partial charge in [0.1, 0.15) is 11.4 Å². The van der Waals surface area contributed by atoms with Crippen molar-refractivity contribution in [3.63, 3.8) is 0 Å². The van der Waals surface area contributed by atoms with Crippen LogP contribution in [0.25, 0.3) is 0 Å². The summed E-state index contributed by atoms with van der Waals surface area (Å²) in [6, 6.07) is 0. The molecule has 1 aromatic rings. The molecule has 86 valence electrons. The zero-order chi connectivity index (χ0) is 11.5. The van der Waals surface area contributed by atoms with Crippen LogP contribution in [0.1, 0.15) is 31.9 Å². The van der Waals surface area contributed by atoms with Gasteiger partial charge in [0.15, 0.2) is 5.13 Å². The molecule has 2 rings (SSSR count). The Balaban J connectivity index is 1.93. The predicted molar refractivity (Wildman–Crippen MR) is 62.1 cm³/mol. The number of nitrogens with zero attached hydrogens (tertiary/aromatic N) is 2. The number of nitrogens with one attached hydrogen (secondary N) is 1. The van der Waals surface area contributed by atoms with Crippen LogP contribution in [0.3, 0.4) is 0 Å². The molecule has 0 unspecified atom stereocenters. The van der Waals surface area contributed by atoms with Crippen molar-refractivity contribution in [2.45, 2.75) is 26.2 Å². The topological polar surface area (TPSA) is 74.6 Å². The van der Waals surface area contributed by atoms with Crippen LogP contribution in [0.2, 0.25) is 0 Å². The van der Waals surface area contributed by atoms with Crippen molar-refractivity contribution >= 4 is 28.1 Å². The molecule has 0 aliphatic heterocycles. The first-order chi connectivity index (χ1) is 7.69. The Hall–Kier alpha value is -1.43. The molecule has 6 heteroatoms. The maximum Gasteiger partial charge on any atom is 0.226 e. The van der Waals surface area contributed by atoms with Gasteiger partial charge in [0.05, 0.1) is 0 Å². The minimum atomic E-state index is 0.0157. The van der Waals surface area contributed by atoms with Gasteiger partial charge in [0.25, 0.3) is 0 Å². The number of hydrogen-bond donors (Lipinski definition) is 2. The van der Waals surface area contributed by atoms with Gasteiger partial charge in [-0.2, -0.15) is 0 Å². The number of carbonyl (C=O) groups is 1. The highest BCUT2D eigenvalue weighted by atomic mass is 32.1. The molecule has 0 aromatic carbocycles. The quantitative estimate of drug-likeness (QED) is 0.480. The van der Waals surface area contributed by atoms with Gasteiger partial charge in [-0.15, -0.1) is 11.3 Å². The Bertz CT molecular complexity index is 423. The number of hydrogen-bond acceptors (Lipinski definition) is 5. The van der Waals surface area contributed by atoms with Gasteiger partial charge in [0.2, 0.25) is 5.91 Å². The van der Waals surface area contributed by atoms with E-state index in [0.717, 1.165) is 12.8 Å². The van der Waals surface area contributed by atoms with Crippen LogP contribution in [0.4, 0.5) is 5.13 Å². The van der Waals surface area contributed by atoms with E-state index in [1.54, 1.807) is 12.3 Å². The van der Waals surface area contributed by atoms with Crippen LogP contribution in [0.5, 0.6) is 0 Å². The lowest BCUT2D eigenvalue weighted by molar-refractivity contribution is -0.116. The molecule has 1 aromatic heterocycles. The van der Waals surface area contributed by atoms with E-state index in [9.17, 15) is 4.79 Å². The number of carbonyl (C=O) groups excluding carboxylic acids is 1. The zero-order valence-electron chi connectivity index (χ0n) is 8.93. The van der Waals surface area contributed by atoms with Crippen molar-refractivity contribution in [3.05, 3.63) is 11.1 Å². The van der Waals surface area contributed by atoms with E-state index in [4.69, 9.17) is 5.21 Å². The summed E-state index contributed by atoms with van der Waals surface area (Å²) in [6.07, 6.45) is 2.90. The second-order valence-corrected chi connectivity index (χ2v) is 4.78. The molecular weight excluding hydrogens is 226 g/mol. The highest BCUT2D eigenvalue weighted by Gasteiger charge is 2.24. The highest BCUT2D eigenvalue weighted by Crippen LogP contribution is 2.32. The Labute approximate surface area is 97.2 Å². The summed E-state index contributed by atoms with van der Waals surface area (Å²) in [7, 11) is 0. The van der Waals surface area contributed by atoms with E-state index in [-0.39, 0.29) is 5.91 Å². The van der Waals surface area contributed by atoms with Crippen LogP contribution >= 0.6 is 11.3 Å². The average molecular weight is 239 g/mol. The van der Waals surface area contributed by atoms with Crippen molar-refractivity contribution < 1.29 is 10.0 Å². The van der Waals surface area contributed by atoms with Crippen LogP contribution in [0, 0.1) is 5.92 Å². The summed E-state index contributed by atoms with van der Waals surface area (Å²) in [5, 5.41) is 16.7. The van der Waals surface area contributed by atoms with E-state index in [2.05, 4.69) is 15.5 Å². The molecule has 1 saturated carbocycles. The molecule has 0 saturated heterocycles. The summed E-state index contributed by atoms with van der Waals surface area (Å²) in [6.45, 7) is 1.66. The molecule has 1 amide bonds. The summed E-state index contributed by atoms with van der Waals surface area (Å²) < 4.78 is 0. The van der Waals surface area contributed by atoms with Crippen molar-refractivity contribution in [3.8, 4) is 0 Å². The van der Waals surface area contributed by atoms with Gasteiger partial charge >= 0.3 is 0 Å².